The van der Waals surface area contributed by atoms with E-state index < -0.39 is 0 Å². The van der Waals surface area contributed by atoms with Crippen LogP contribution in [0.3, 0.4) is 0 Å². The molecule has 0 bridgehead atoms. The van der Waals surface area contributed by atoms with Gasteiger partial charge in [0, 0.05) is 38.8 Å². The first-order valence-corrected chi connectivity index (χ1v) is 7.52. The number of nitrogens with one attached hydrogen (secondary N) is 1. The van der Waals surface area contributed by atoms with Crippen LogP contribution >= 0.6 is 0 Å². The van der Waals surface area contributed by atoms with Crippen molar-refractivity contribution in [2.75, 3.05) is 54.0 Å². The number of benzene rings is 1. The van der Waals surface area contributed by atoms with Gasteiger partial charge in [-0.2, -0.15) is 0 Å². The van der Waals surface area contributed by atoms with E-state index in [4.69, 9.17) is 9.47 Å². The van der Waals surface area contributed by atoms with Crippen LogP contribution in [0.1, 0.15) is 10.4 Å². The first-order valence-electron chi connectivity index (χ1n) is 7.52. The molecule has 2 rings (SSSR count). The normalized spacial score (nSPS) is 14.3. The summed E-state index contributed by atoms with van der Waals surface area (Å²) in [6.45, 7) is 3.00. The fourth-order valence-corrected chi connectivity index (χ4v) is 2.48. The van der Waals surface area contributed by atoms with Gasteiger partial charge >= 0.3 is 0 Å². The van der Waals surface area contributed by atoms with Gasteiger partial charge in [0.25, 0.3) is 5.91 Å². The number of carbonyl (C=O) groups is 2. The van der Waals surface area contributed by atoms with Crippen molar-refractivity contribution < 1.29 is 19.1 Å². The molecule has 0 spiro atoms. The Balaban J connectivity index is 2.02. The van der Waals surface area contributed by atoms with E-state index in [0.717, 1.165) is 13.1 Å². The zero-order valence-corrected chi connectivity index (χ0v) is 13.8. The van der Waals surface area contributed by atoms with E-state index in [-0.39, 0.29) is 18.4 Å². The summed E-state index contributed by atoms with van der Waals surface area (Å²) in [5.74, 6) is 0.779. The van der Waals surface area contributed by atoms with Crippen molar-refractivity contribution in [1.29, 1.82) is 0 Å². The van der Waals surface area contributed by atoms with E-state index in [2.05, 4.69) is 5.32 Å². The number of hydrogen-bond donors (Lipinski definition) is 1. The van der Waals surface area contributed by atoms with Crippen LogP contribution in [0.15, 0.2) is 18.2 Å². The minimum atomic E-state index is -0.227. The molecule has 1 saturated heterocycles. The SMILES string of the molecule is COc1ccc(C(=O)N(C)CC(=O)N2CCNCC2)cc1OC. The Morgan fingerprint density at radius 3 is 2.43 bits per heavy atom. The number of amides is 2. The third kappa shape index (κ3) is 4.13. The van der Waals surface area contributed by atoms with E-state index in [1.165, 1.54) is 19.1 Å². The molecule has 1 aromatic carbocycles. The molecular weight excluding hydrogens is 298 g/mol. The van der Waals surface area contributed by atoms with Gasteiger partial charge in [-0.3, -0.25) is 9.59 Å². The van der Waals surface area contributed by atoms with Crippen LogP contribution in [0.25, 0.3) is 0 Å². The average Bonchev–Trinajstić information content (AvgIpc) is 2.61. The van der Waals surface area contributed by atoms with Crippen molar-refractivity contribution in [3.8, 4) is 11.5 Å². The molecule has 0 unspecified atom stereocenters. The van der Waals surface area contributed by atoms with Gasteiger partial charge in [0.05, 0.1) is 20.8 Å². The van der Waals surface area contributed by atoms with E-state index in [1.54, 1.807) is 30.1 Å². The van der Waals surface area contributed by atoms with Crippen LogP contribution in [0, 0.1) is 0 Å². The smallest absolute Gasteiger partial charge is 0.254 e. The molecule has 1 aliphatic heterocycles. The molecule has 7 heteroatoms. The summed E-state index contributed by atoms with van der Waals surface area (Å²) in [6, 6.07) is 4.96. The zero-order chi connectivity index (χ0) is 16.8. The second-order valence-corrected chi connectivity index (χ2v) is 5.36. The van der Waals surface area contributed by atoms with Crippen LogP contribution in [-0.2, 0) is 4.79 Å². The number of piperazine rings is 1. The van der Waals surface area contributed by atoms with Crippen molar-refractivity contribution >= 4 is 11.8 Å². The van der Waals surface area contributed by atoms with Crippen LogP contribution < -0.4 is 14.8 Å². The zero-order valence-electron chi connectivity index (χ0n) is 13.8. The summed E-state index contributed by atoms with van der Waals surface area (Å²) in [7, 11) is 4.68. The second-order valence-electron chi connectivity index (χ2n) is 5.36. The molecule has 0 aromatic heterocycles. The lowest BCUT2D eigenvalue weighted by Crippen LogP contribution is -2.49. The van der Waals surface area contributed by atoms with Crippen molar-refractivity contribution in [3.63, 3.8) is 0 Å². The molecule has 2 amide bonds. The summed E-state index contributed by atoms with van der Waals surface area (Å²) < 4.78 is 10.4. The first kappa shape index (κ1) is 17.1. The maximum Gasteiger partial charge on any atom is 0.254 e. The van der Waals surface area contributed by atoms with Crippen molar-refractivity contribution in [1.82, 2.24) is 15.1 Å². The highest BCUT2D eigenvalue weighted by Gasteiger charge is 2.21. The van der Waals surface area contributed by atoms with Gasteiger partial charge in [0.2, 0.25) is 5.91 Å². The lowest BCUT2D eigenvalue weighted by molar-refractivity contribution is -0.132. The van der Waals surface area contributed by atoms with E-state index in [1.807, 2.05) is 0 Å². The van der Waals surface area contributed by atoms with Crippen molar-refractivity contribution in [2.45, 2.75) is 0 Å². The highest BCUT2D eigenvalue weighted by Crippen LogP contribution is 2.27. The summed E-state index contributed by atoms with van der Waals surface area (Å²) in [6.07, 6.45) is 0. The predicted molar refractivity (Wildman–Crippen MR) is 86.0 cm³/mol. The maximum absolute atomic E-state index is 12.5. The number of rotatable bonds is 5. The van der Waals surface area contributed by atoms with Crippen molar-refractivity contribution in [2.24, 2.45) is 0 Å². The third-order valence-electron chi connectivity index (χ3n) is 3.82. The Morgan fingerprint density at radius 1 is 1.17 bits per heavy atom. The number of likely N-dealkylation sites (N-methyl/N-ethyl adjacent to an activating group) is 1. The Hall–Kier alpha value is -2.28. The van der Waals surface area contributed by atoms with Gasteiger partial charge in [0.1, 0.15) is 0 Å². The Kier molecular flexibility index (Phi) is 5.81. The molecule has 0 radical (unpaired) electrons. The second kappa shape index (κ2) is 7.82. The quantitative estimate of drug-likeness (QED) is 0.839. The Morgan fingerprint density at radius 2 is 1.83 bits per heavy atom. The predicted octanol–water partition coefficient (Wildman–Crippen LogP) is 0.208. The van der Waals surface area contributed by atoms with E-state index >= 15 is 0 Å². The van der Waals surface area contributed by atoms with Gasteiger partial charge in [-0.15, -0.1) is 0 Å². The van der Waals surface area contributed by atoms with Gasteiger partial charge in [0.15, 0.2) is 11.5 Å². The number of nitrogens with zero attached hydrogens (tertiary/aromatic N) is 2. The molecule has 1 N–H and O–H groups in total. The number of methoxy groups -OCH3 is 2. The molecule has 0 atom stereocenters. The molecule has 1 fully saturated rings. The fourth-order valence-electron chi connectivity index (χ4n) is 2.48. The number of carbonyl (C=O) groups excluding carboxylic acids is 2. The van der Waals surface area contributed by atoms with Crippen LogP contribution in [-0.4, -0.2) is 75.6 Å². The molecule has 1 aromatic rings. The van der Waals surface area contributed by atoms with Crippen LogP contribution in [0.4, 0.5) is 0 Å². The van der Waals surface area contributed by atoms with E-state index in [9.17, 15) is 9.59 Å². The Labute approximate surface area is 136 Å². The molecule has 0 saturated carbocycles. The maximum atomic E-state index is 12.5. The van der Waals surface area contributed by atoms with Gasteiger partial charge in [-0.1, -0.05) is 0 Å². The highest BCUT2D eigenvalue weighted by molar-refractivity contribution is 5.96. The fraction of sp³-hybridized carbons (Fsp3) is 0.500. The number of ether oxygens (including phenoxy) is 2. The van der Waals surface area contributed by atoms with E-state index in [0.29, 0.717) is 30.2 Å². The minimum Gasteiger partial charge on any atom is -0.493 e. The number of hydrogen-bond acceptors (Lipinski definition) is 5. The molecule has 7 nitrogen and oxygen atoms in total. The largest absolute Gasteiger partial charge is 0.493 e. The monoisotopic (exact) mass is 321 g/mol. The Bertz CT molecular complexity index is 570. The summed E-state index contributed by atoms with van der Waals surface area (Å²) >= 11 is 0. The summed E-state index contributed by atoms with van der Waals surface area (Å²) in [5, 5.41) is 3.19. The average molecular weight is 321 g/mol. The molecule has 1 aliphatic rings. The molecule has 1 heterocycles. The highest BCUT2D eigenvalue weighted by atomic mass is 16.5. The molecule has 23 heavy (non-hydrogen) atoms. The minimum absolute atomic E-state index is 0.0390. The van der Waals surface area contributed by atoms with Crippen molar-refractivity contribution in [3.05, 3.63) is 23.8 Å². The van der Waals surface area contributed by atoms with Gasteiger partial charge in [-0.05, 0) is 18.2 Å². The summed E-state index contributed by atoms with van der Waals surface area (Å²) in [4.78, 5) is 27.9. The molecule has 0 aliphatic carbocycles. The van der Waals surface area contributed by atoms with Gasteiger partial charge in [-0.25, -0.2) is 0 Å². The topological polar surface area (TPSA) is 71.1 Å². The van der Waals surface area contributed by atoms with Crippen LogP contribution in [0.5, 0.6) is 11.5 Å². The summed E-state index contributed by atoms with van der Waals surface area (Å²) in [5.41, 5.74) is 0.457. The lowest BCUT2D eigenvalue weighted by atomic mass is 10.1. The van der Waals surface area contributed by atoms with Crippen LogP contribution in [0.2, 0.25) is 0 Å². The third-order valence-corrected chi connectivity index (χ3v) is 3.82. The molecule has 126 valence electrons. The standard InChI is InChI=1S/C16H23N3O4/c1-18(11-15(20)19-8-6-17-7-9-19)16(21)12-4-5-13(22-2)14(10-12)23-3/h4-5,10,17H,6-9,11H2,1-3H3. The van der Waals surface area contributed by atoms with Gasteiger partial charge < -0.3 is 24.6 Å². The molecular formula is C16H23N3O4. The first-order chi connectivity index (χ1) is 11.1. The lowest BCUT2D eigenvalue weighted by Gasteiger charge is -2.29.